The van der Waals surface area contributed by atoms with E-state index in [0.29, 0.717) is 18.2 Å². The van der Waals surface area contributed by atoms with Crippen molar-refractivity contribution in [3.8, 4) is 0 Å². The fraction of sp³-hybridized carbons (Fsp3) is 0.529. The Morgan fingerprint density at radius 2 is 1.70 bits per heavy atom. The van der Waals surface area contributed by atoms with Crippen molar-refractivity contribution < 1.29 is 13.2 Å². The van der Waals surface area contributed by atoms with Crippen LogP contribution in [0.3, 0.4) is 0 Å². The monoisotopic (exact) mass is 282 g/mol. The molecule has 0 atom stereocenters. The zero-order valence-electron chi connectivity index (χ0n) is 11.6. The van der Waals surface area contributed by atoms with Crippen molar-refractivity contribution in [3.05, 3.63) is 47.8 Å². The Morgan fingerprint density at radius 1 is 1.00 bits per heavy atom. The zero-order chi connectivity index (χ0) is 14.4. The van der Waals surface area contributed by atoms with Crippen LogP contribution in [-0.4, -0.2) is 0 Å². The topological polar surface area (TPSA) is 0 Å². The molecule has 1 aliphatic rings. The van der Waals surface area contributed by atoms with Crippen LogP contribution in [0.4, 0.5) is 13.2 Å². The van der Waals surface area contributed by atoms with Crippen LogP contribution in [0.1, 0.15) is 44.1 Å². The first-order valence-electron chi connectivity index (χ1n) is 7.38. The molecule has 0 aromatic heterocycles. The van der Waals surface area contributed by atoms with Crippen LogP contribution in [0.25, 0.3) is 0 Å². The van der Waals surface area contributed by atoms with Gasteiger partial charge in [0.15, 0.2) is 11.6 Å². The molecule has 0 unspecified atom stereocenters. The predicted octanol–water partition coefficient (Wildman–Crippen LogP) is 5.58. The maximum Gasteiger partial charge on any atom is 0.159 e. The van der Waals surface area contributed by atoms with E-state index in [-0.39, 0.29) is 0 Å². The van der Waals surface area contributed by atoms with Crippen LogP contribution >= 0.6 is 0 Å². The summed E-state index contributed by atoms with van der Waals surface area (Å²) in [6, 6.07) is 4.16. The SMILES string of the molecule is F/C=C/CC1CCC(CCc2ccc(F)c(F)c2)CC1. The molecule has 0 N–H and O–H groups in total. The van der Waals surface area contributed by atoms with E-state index in [1.54, 1.807) is 12.1 Å². The molecular formula is C17H21F3. The summed E-state index contributed by atoms with van der Waals surface area (Å²) in [4.78, 5) is 0. The van der Waals surface area contributed by atoms with Crippen molar-refractivity contribution in [2.45, 2.75) is 44.9 Å². The maximum atomic E-state index is 13.1. The van der Waals surface area contributed by atoms with E-state index in [0.717, 1.165) is 50.5 Å². The van der Waals surface area contributed by atoms with Gasteiger partial charge < -0.3 is 0 Å². The minimum absolute atomic E-state index is 0.613. The lowest BCUT2D eigenvalue weighted by atomic mass is 9.78. The van der Waals surface area contributed by atoms with Crippen molar-refractivity contribution in [1.29, 1.82) is 0 Å². The second kappa shape index (κ2) is 7.51. The molecule has 1 aliphatic carbocycles. The van der Waals surface area contributed by atoms with Gasteiger partial charge in [0.25, 0.3) is 0 Å². The van der Waals surface area contributed by atoms with Gasteiger partial charge in [-0.25, -0.2) is 13.2 Å². The maximum absolute atomic E-state index is 13.1. The van der Waals surface area contributed by atoms with Crippen molar-refractivity contribution in [2.24, 2.45) is 11.8 Å². The third kappa shape index (κ3) is 4.39. The second-order valence-electron chi connectivity index (χ2n) is 5.77. The molecule has 110 valence electrons. The van der Waals surface area contributed by atoms with E-state index in [1.807, 2.05) is 0 Å². The molecule has 3 heteroatoms. The lowest BCUT2D eigenvalue weighted by Crippen LogP contribution is -2.14. The highest BCUT2D eigenvalue weighted by Gasteiger charge is 2.20. The van der Waals surface area contributed by atoms with Gasteiger partial charge in [-0.2, -0.15) is 0 Å². The summed E-state index contributed by atoms with van der Waals surface area (Å²) < 4.78 is 37.9. The Balaban J connectivity index is 1.74. The molecule has 0 amide bonds. The third-order valence-corrected chi connectivity index (χ3v) is 4.35. The highest BCUT2D eigenvalue weighted by molar-refractivity contribution is 5.17. The largest absolute Gasteiger partial charge is 0.216 e. The van der Waals surface area contributed by atoms with Crippen LogP contribution in [0.2, 0.25) is 0 Å². The predicted molar refractivity (Wildman–Crippen MR) is 75.0 cm³/mol. The van der Waals surface area contributed by atoms with Crippen molar-refractivity contribution in [3.63, 3.8) is 0 Å². The molecule has 2 rings (SSSR count). The number of rotatable bonds is 5. The number of hydrogen-bond donors (Lipinski definition) is 0. The first kappa shape index (κ1) is 15.1. The second-order valence-corrected chi connectivity index (χ2v) is 5.77. The molecule has 0 nitrogen and oxygen atoms in total. The molecule has 1 aromatic rings. The lowest BCUT2D eigenvalue weighted by Gasteiger charge is -2.27. The fourth-order valence-corrected chi connectivity index (χ4v) is 3.07. The molecular weight excluding hydrogens is 261 g/mol. The van der Waals surface area contributed by atoms with Crippen LogP contribution in [-0.2, 0) is 6.42 Å². The van der Waals surface area contributed by atoms with Crippen LogP contribution in [0.15, 0.2) is 30.6 Å². The molecule has 1 fully saturated rings. The van der Waals surface area contributed by atoms with Crippen molar-refractivity contribution in [1.82, 2.24) is 0 Å². The molecule has 0 heterocycles. The van der Waals surface area contributed by atoms with E-state index in [9.17, 15) is 13.2 Å². The lowest BCUT2D eigenvalue weighted by molar-refractivity contribution is 0.264. The highest BCUT2D eigenvalue weighted by Crippen LogP contribution is 2.33. The Bertz CT molecular complexity index is 446. The third-order valence-electron chi connectivity index (χ3n) is 4.35. The van der Waals surface area contributed by atoms with E-state index < -0.39 is 11.6 Å². The molecule has 1 saturated carbocycles. The van der Waals surface area contributed by atoms with Gasteiger partial charge in [-0.15, -0.1) is 0 Å². The summed E-state index contributed by atoms with van der Waals surface area (Å²) in [7, 11) is 0. The number of benzene rings is 1. The van der Waals surface area contributed by atoms with Crippen molar-refractivity contribution in [2.75, 3.05) is 0 Å². The zero-order valence-corrected chi connectivity index (χ0v) is 11.6. The number of halogens is 3. The normalized spacial score (nSPS) is 23.4. The fourth-order valence-electron chi connectivity index (χ4n) is 3.07. The number of allylic oxidation sites excluding steroid dienone is 1. The molecule has 0 aliphatic heterocycles. The van der Waals surface area contributed by atoms with Gasteiger partial charge in [0.2, 0.25) is 0 Å². The standard InChI is InChI=1S/C17H21F3/c18-11-1-2-13-3-5-14(6-4-13)7-8-15-9-10-16(19)17(20)12-15/h1,9-14H,2-8H2/b11-1+. The minimum Gasteiger partial charge on any atom is -0.216 e. The average molecular weight is 282 g/mol. The minimum atomic E-state index is -0.782. The Hall–Kier alpha value is -1.25. The van der Waals surface area contributed by atoms with E-state index >= 15 is 0 Å². The molecule has 0 bridgehead atoms. The molecule has 0 spiro atoms. The van der Waals surface area contributed by atoms with Crippen LogP contribution < -0.4 is 0 Å². The van der Waals surface area contributed by atoms with Gasteiger partial charge in [-0.1, -0.05) is 25.0 Å². The first-order chi connectivity index (χ1) is 9.69. The molecule has 20 heavy (non-hydrogen) atoms. The summed E-state index contributed by atoms with van der Waals surface area (Å²) >= 11 is 0. The Morgan fingerprint density at radius 3 is 2.35 bits per heavy atom. The molecule has 1 aromatic carbocycles. The first-order valence-corrected chi connectivity index (χ1v) is 7.38. The Kier molecular flexibility index (Phi) is 5.69. The molecule has 0 radical (unpaired) electrons. The Labute approximate surface area is 118 Å². The van der Waals surface area contributed by atoms with E-state index in [4.69, 9.17) is 0 Å². The highest BCUT2D eigenvalue weighted by atomic mass is 19.2. The van der Waals surface area contributed by atoms with Gasteiger partial charge >= 0.3 is 0 Å². The summed E-state index contributed by atoms with van der Waals surface area (Å²) in [6.45, 7) is 0. The van der Waals surface area contributed by atoms with Gasteiger partial charge in [0.1, 0.15) is 0 Å². The van der Waals surface area contributed by atoms with Gasteiger partial charge in [-0.3, -0.25) is 0 Å². The van der Waals surface area contributed by atoms with E-state index in [2.05, 4.69) is 0 Å². The summed E-state index contributed by atoms with van der Waals surface area (Å²) in [5.41, 5.74) is 0.867. The number of aryl methyl sites for hydroxylation is 1. The summed E-state index contributed by atoms with van der Waals surface area (Å²) in [6.07, 6.45) is 9.52. The summed E-state index contributed by atoms with van der Waals surface area (Å²) in [5, 5.41) is 0. The van der Waals surface area contributed by atoms with Crippen LogP contribution in [0, 0.1) is 23.5 Å². The van der Waals surface area contributed by atoms with Gasteiger partial charge in [-0.05, 0) is 61.6 Å². The molecule has 0 saturated heterocycles. The van der Waals surface area contributed by atoms with Gasteiger partial charge in [0, 0.05) is 0 Å². The average Bonchev–Trinajstić information content (AvgIpc) is 2.47. The van der Waals surface area contributed by atoms with Crippen molar-refractivity contribution >= 4 is 0 Å². The van der Waals surface area contributed by atoms with Gasteiger partial charge in [0.05, 0.1) is 6.33 Å². The summed E-state index contributed by atoms with van der Waals surface area (Å²) in [5.74, 6) is -0.269. The quantitative estimate of drug-likeness (QED) is 0.661. The van der Waals surface area contributed by atoms with Crippen LogP contribution in [0.5, 0.6) is 0 Å². The number of hydrogen-bond acceptors (Lipinski definition) is 0. The van der Waals surface area contributed by atoms with E-state index in [1.165, 1.54) is 12.1 Å². The smallest absolute Gasteiger partial charge is 0.159 e.